The van der Waals surface area contributed by atoms with E-state index in [1.165, 1.54) is 6.07 Å². The molecule has 0 bridgehead atoms. The molecule has 0 spiro atoms. The number of phenols is 1. The second kappa shape index (κ2) is 8.41. The average Bonchev–Trinajstić information content (AvgIpc) is 2.53. The fourth-order valence-corrected chi connectivity index (χ4v) is 2.68. The monoisotopic (exact) mass is 436 g/mol. The number of aromatic hydroxyl groups is 1. The second-order valence-corrected chi connectivity index (χ2v) is 6.35. The van der Waals surface area contributed by atoms with Crippen LogP contribution in [0.4, 0.5) is 11.4 Å². The third-order valence-corrected chi connectivity index (χ3v) is 4.88. The Kier molecular flexibility index (Phi) is 7.13. The number of nitrogens with two attached hydrogens (primary N) is 1. The van der Waals surface area contributed by atoms with E-state index in [0.29, 0.717) is 26.5 Å². The maximum Gasteiger partial charge on any atom is 0.313 e. The van der Waals surface area contributed by atoms with E-state index in [2.05, 4.69) is 15.9 Å². The smallest absolute Gasteiger partial charge is 0.313 e. The number of rotatable bonds is 2. The number of ether oxygens (including phenoxy) is 1. The van der Waals surface area contributed by atoms with Crippen molar-refractivity contribution in [2.75, 3.05) is 12.8 Å². The normalized spacial score (nSPS) is 9.92. The van der Waals surface area contributed by atoms with Crippen LogP contribution in [0, 0.1) is 24.0 Å². The van der Waals surface area contributed by atoms with E-state index >= 15 is 0 Å². The third kappa shape index (κ3) is 4.43. The number of aryl methyl sites for hydroxylation is 1. The van der Waals surface area contributed by atoms with E-state index in [0.717, 1.165) is 5.56 Å². The fraction of sp³-hybridized carbons (Fsp3) is 0.200. The van der Waals surface area contributed by atoms with Crippen LogP contribution >= 0.6 is 39.1 Å². The van der Waals surface area contributed by atoms with Crippen molar-refractivity contribution in [2.45, 2.75) is 13.8 Å². The SMILES string of the molecule is COc1c(N)ccc(C)c1Cl.Cc1c(Br)cc([N+](=O)[O-])c(O)c1Cl. The van der Waals surface area contributed by atoms with Gasteiger partial charge < -0.3 is 15.6 Å². The van der Waals surface area contributed by atoms with Crippen molar-refractivity contribution < 1.29 is 14.8 Å². The predicted molar refractivity (Wildman–Crippen MR) is 99.4 cm³/mol. The number of nitrogens with zero attached hydrogens (tertiary/aromatic N) is 1. The Hall–Kier alpha value is -1.70. The topological polar surface area (TPSA) is 98.6 Å². The molecule has 0 atom stereocenters. The van der Waals surface area contributed by atoms with E-state index in [4.69, 9.17) is 33.7 Å². The molecule has 6 nitrogen and oxygen atoms in total. The first-order valence-electron chi connectivity index (χ1n) is 6.52. The summed E-state index contributed by atoms with van der Waals surface area (Å²) in [4.78, 5) is 9.71. The number of nitrogen functional groups attached to an aromatic ring is 1. The van der Waals surface area contributed by atoms with Crippen LogP contribution < -0.4 is 10.5 Å². The summed E-state index contributed by atoms with van der Waals surface area (Å²) in [5, 5.41) is 20.3. The highest BCUT2D eigenvalue weighted by molar-refractivity contribution is 9.10. The van der Waals surface area contributed by atoms with Gasteiger partial charge >= 0.3 is 5.69 Å². The number of methoxy groups -OCH3 is 1. The standard InChI is InChI=1S/C8H10ClNO.C7H5BrClNO3/c1-5-3-4-6(10)8(11-2)7(5)9;1-3-4(8)2-5(10(12)13)7(11)6(3)9/h3-4H,10H2,1-2H3;2,11H,1H3. The van der Waals surface area contributed by atoms with Crippen LogP contribution in [0.2, 0.25) is 10.0 Å². The lowest BCUT2D eigenvalue weighted by molar-refractivity contribution is -0.385. The van der Waals surface area contributed by atoms with Crippen LogP contribution in [0.25, 0.3) is 0 Å². The summed E-state index contributed by atoms with van der Waals surface area (Å²) in [5.74, 6) is 0.0685. The Morgan fingerprint density at radius 3 is 2.33 bits per heavy atom. The molecule has 0 radical (unpaired) electrons. The van der Waals surface area contributed by atoms with Gasteiger partial charge in [0.05, 0.1) is 27.8 Å². The molecule has 0 aliphatic carbocycles. The van der Waals surface area contributed by atoms with Crippen LogP contribution in [-0.2, 0) is 0 Å². The van der Waals surface area contributed by atoms with E-state index in [-0.39, 0.29) is 5.02 Å². The minimum absolute atomic E-state index is 0.000995. The van der Waals surface area contributed by atoms with Crippen molar-refractivity contribution in [3.05, 3.63) is 54.0 Å². The Balaban J connectivity index is 0.000000243. The number of nitro benzene ring substituents is 1. The van der Waals surface area contributed by atoms with Crippen molar-refractivity contribution >= 4 is 50.5 Å². The van der Waals surface area contributed by atoms with Crippen molar-refractivity contribution in [1.82, 2.24) is 0 Å². The molecule has 2 rings (SSSR count). The maximum absolute atomic E-state index is 10.4. The number of anilines is 1. The summed E-state index contributed by atoms with van der Waals surface area (Å²) in [7, 11) is 1.55. The van der Waals surface area contributed by atoms with Gasteiger partial charge in [-0.15, -0.1) is 0 Å². The molecular formula is C15H15BrCl2N2O4. The molecule has 130 valence electrons. The zero-order valence-corrected chi connectivity index (χ0v) is 16.2. The molecule has 0 fully saturated rings. The Labute approximate surface area is 157 Å². The zero-order chi connectivity index (χ0) is 18.6. The molecule has 0 unspecified atom stereocenters. The van der Waals surface area contributed by atoms with E-state index in [9.17, 15) is 15.2 Å². The summed E-state index contributed by atoms with van der Waals surface area (Å²) in [6.07, 6.45) is 0. The highest BCUT2D eigenvalue weighted by Gasteiger charge is 2.20. The first-order valence-corrected chi connectivity index (χ1v) is 8.07. The highest BCUT2D eigenvalue weighted by Crippen LogP contribution is 2.39. The third-order valence-electron chi connectivity index (χ3n) is 3.12. The van der Waals surface area contributed by atoms with Gasteiger partial charge in [0.25, 0.3) is 0 Å². The minimum Gasteiger partial charge on any atom is -0.501 e. The first-order chi connectivity index (χ1) is 11.1. The van der Waals surface area contributed by atoms with Gasteiger partial charge in [-0.2, -0.15) is 0 Å². The lowest BCUT2D eigenvalue weighted by atomic mass is 10.2. The Morgan fingerprint density at radius 2 is 1.88 bits per heavy atom. The lowest BCUT2D eigenvalue weighted by Crippen LogP contribution is -1.93. The van der Waals surface area contributed by atoms with Gasteiger partial charge in [-0.1, -0.05) is 45.2 Å². The van der Waals surface area contributed by atoms with Gasteiger partial charge in [0.15, 0.2) is 5.75 Å². The van der Waals surface area contributed by atoms with E-state index in [1.54, 1.807) is 20.1 Å². The van der Waals surface area contributed by atoms with Gasteiger partial charge in [-0.25, -0.2) is 0 Å². The number of hydrogen-bond acceptors (Lipinski definition) is 5. The largest absolute Gasteiger partial charge is 0.501 e. The van der Waals surface area contributed by atoms with Crippen molar-refractivity contribution in [3.63, 3.8) is 0 Å². The van der Waals surface area contributed by atoms with Gasteiger partial charge in [-0.3, -0.25) is 10.1 Å². The molecule has 3 N–H and O–H groups in total. The van der Waals surface area contributed by atoms with Gasteiger partial charge in [-0.05, 0) is 31.0 Å². The zero-order valence-electron chi connectivity index (χ0n) is 13.1. The van der Waals surface area contributed by atoms with Crippen molar-refractivity contribution in [1.29, 1.82) is 0 Å². The molecule has 0 amide bonds. The van der Waals surface area contributed by atoms with Crippen molar-refractivity contribution in [2.24, 2.45) is 0 Å². The highest BCUT2D eigenvalue weighted by atomic mass is 79.9. The fourth-order valence-electron chi connectivity index (χ4n) is 1.71. The van der Waals surface area contributed by atoms with Crippen molar-refractivity contribution in [3.8, 4) is 11.5 Å². The molecule has 24 heavy (non-hydrogen) atoms. The number of nitro groups is 1. The quantitative estimate of drug-likeness (QED) is 0.379. The molecule has 2 aromatic rings. The summed E-state index contributed by atoms with van der Waals surface area (Å²) < 4.78 is 5.50. The average molecular weight is 438 g/mol. The second-order valence-electron chi connectivity index (χ2n) is 4.74. The van der Waals surface area contributed by atoms with E-state index < -0.39 is 16.4 Å². The lowest BCUT2D eigenvalue weighted by Gasteiger charge is -2.07. The molecule has 0 aromatic heterocycles. The van der Waals surface area contributed by atoms with Crippen LogP contribution in [-0.4, -0.2) is 17.1 Å². The summed E-state index contributed by atoms with van der Waals surface area (Å²) >= 11 is 14.6. The molecule has 2 aromatic carbocycles. The van der Waals surface area contributed by atoms with Crippen LogP contribution in [0.15, 0.2) is 22.7 Å². The molecule has 0 aliphatic rings. The Bertz CT molecular complexity index is 785. The molecule has 0 aliphatic heterocycles. The molecule has 0 saturated carbocycles. The predicted octanol–water partition coefficient (Wildman–Crippen LogP) is 5.26. The van der Waals surface area contributed by atoms with E-state index in [1.807, 2.05) is 13.0 Å². The maximum atomic E-state index is 10.4. The summed E-state index contributed by atoms with van der Waals surface area (Å²) in [5.41, 5.74) is 7.31. The molecular weight excluding hydrogens is 423 g/mol. The molecule has 0 heterocycles. The van der Waals surface area contributed by atoms with Gasteiger partial charge in [0.1, 0.15) is 0 Å². The number of hydrogen-bond donors (Lipinski definition) is 2. The van der Waals surface area contributed by atoms with Crippen LogP contribution in [0.5, 0.6) is 11.5 Å². The van der Waals surface area contributed by atoms with Gasteiger partial charge in [0, 0.05) is 10.5 Å². The number of benzene rings is 2. The Morgan fingerprint density at radius 1 is 1.29 bits per heavy atom. The minimum atomic E-state index is -0.689. The van der Waals surface area contributed by atoms with Gasteiger partial charge in [0.2, 0.25) is 5.75 Å². The number of halogens is 3. The summed E-state index contributed by atoms with van der Waals surface area (Å²) in [6.45, 7) is 3.56. The molecule has 9 heteroatoms. The molecule has 0 saturated heterocycles. The number of phenolic OH excluding ortho intramolecular Hbond substituents is 1. The summed E-state index contributed by atoms with van der Waals surface area (Å²) in [6, 6.07) is 4.86. The van der Waals surface area contributed by atoms with Crippen LogP contribution in [0.1, 0.15) is 11.1 Å². The van der Waals surface area contributed by atoms with Crippen LogP contribution in [0.3, 0.4) is 0 Å². The first kappa shape index (κ1) is 20.3.